The number of hydrogen-bond donors (Lipinski definition) is 0. The van der Waals surface area contributed by atoms with Crippen molar-refractivity contribution < 1.29 is 49.4 Å². The minimum atomic E-state index is -6.09. The van der Waals surface area contributed by atoms with E-state index in [1.54, 1.807) is 6.07 Å². The number of pyridine rings is 1. The van der Waals surface area contributed by atoms with Crippen LogP contribution >= 0.6 is 0 Å². The molecule has 3 aromatic carbocycles. The van der Waals surface area contributed by atoms with Crippen molar-refractivity contribution in [1.29, 1.82) is 0 Å². The van der Waals surface area contributed by atoms with Crippen LogP contribution in [0.3, 0.4) is 0 Å². The highest BCUT2D eigenvalue weighted by atomic mass is 32.2. The van der Waals surface area contributed by atoms with E-state index in [4.69, 9.17) is 22.4 Å². The van der Waals surface area contributed by atoms with Crippen LogP contribution < -0.4 is 9.30 Å². The molecule has 4 aromatic rings. The van der Waals surface area contributed by atoms with E-state index in [1.165, 1.54) is 13.2 Å². The summed E-state index contributed by atoms with van der Waals surface area (Å²) in [6.07, 6.45) is 0. The van der Waals surface area contributed by atoms with Gasteiger partial charge in [0.25, 0.3) is 0 Å². The third-order valence-electron chi connectivity index (χ3n) is 5.39. The van der Waals surface area contributed by atoms with Crippen LogP contribution in [0.2, 0.25) is 0 Å². The summed E-state index contributed by atoms with van der Waals surface area (Å²) in [5, 5.41) is 2.52. The van der Waals surface area contributed by atoms with Crippen LogP contribution in [0.15, 0.2) is 54.6 Å². The molecular formula is C23H15F4NO6S. The van der Waals surface area contributed by atoms with E-state index in [0.29, 0.717) is 5.39 Å². The van der Waals surface area contributed by atoms with Gasteiger partial charge in [0.15, 0.2) is 10.1 Å². The SMILES string of the molecule is COC(=O)c1cc2c(cc1F)c1cccc3c1c([n+]2C)-c1ccccc1O3.O=S(=O)([O-])C(F)(F)F. The second kappa shape index (κ2) is 8.47. The fourth-order valence-corrected chi connectivity index (χ4v) is 3.88. The Balaban J connectivity index is 0.000000314. The van der Waals surface area contributed by atoms with Crippen LogP contribution in [-0.4, -0.2) is 31.6 Å². The standard InChI is InChI=1S/C22H15FNO3.CHF3O3S/c1-24-17-11-15(22(25)26-2)16(23)10-14(17)12-7-5-9-19-20(12)21(24)13-6-3-4-8-18(13)27-19;2-1(3,4)8(5,6)7/h3-11H,1-2H3;(H,5,6,7)/q+1;/p-1. The number of rotatable bonds is 1. The summed E-state index contributed by atoms with van der Waals surface area (Å²) in [5.41, 5.74) is -3.06. The van der Waals surface area contributed by atoms with Crippen molar-refractivity contribution in [3.63, 3.8) is 0 Å². The average molecular weight is 509 g/mol. The third-order valence-corrected chi connectivity index (χ3v) is 5.95. The predicted molar refractivity (Wildman–Crippen MR) is 115 cm³/mol. The van der Waals surface area contributed by atoms with Gasteiger partial charge in [-0.15, -0.1) is 0 Å². The molecule has 5 rings (SSSR count). The molecule has 2 heterocycles. The molecule has 0 unspecified atom stereocenters. The van der Waals surface area contributed by atoms with Crippen molar-refractivity contribution in [2.24, 2.45) is 7.05 Å². The molecule has 0 fully saturated rings. The van der Waals surface area contributed by atoms with Crippen LogP contribution in [0.5, 0.6) is 11.5 Å². The number of fused-ring (bicyclic) bond motifs is 4. The molecule has 35 heavy (non-hydrogen) atoms. The molecule has 0 bridgehead atoms. The molecule has 0 aliphatic carbocycles. The maximum atomic E-state index is 14.6. The monoisotopic (exact) mass is 509 g/mol. The van der Waals surface area contributed by atoms with E-state index in [2.05, 4.69) is 0 Å². The fourth-order valence-electron chi connectivity index (χ4n) is 3.88. The van der Waals surface area contributed by atoms with Gasteiger partial charge in [0.05, 0.1) is 23.4 Å². The first-order valence-electron chi connectivity index (χ1n) is 9.81. The van der Waals surface area contributed by atoms with Gasteiger partial charge in [-0.3, -0.25) is 0 Å². The number of para-hydroxylation sites is 1. The van der Waals surface area contributed by atoms with E-state index in [9.17, 15) is 22.4 Å². The van der Waals surface area contributed by atoms with Crippen LogP contribution in [0, 0.1) is 5.82 Å². The molecule has 0 atom stereocenters. The first-order valence-corrected chi connectivity index (χ1v) is 11.2. The fraction of sp³-hybridized carbons (Fsp3) is 0.130. The predicted octanol–water partition coefficient (Wildman–Crippen LogP) is 4.57. The molecule has 0 N–H and O–H groups in total. The number of aromatic nitrogens is 1. The molecule has 0 saturated heterocycles. The molecular weight excluding hydrogens is 494 g/mol. The molecule has 0 saturated carbocycles. The highest BCUT2D eigenvalue weighted by Gasteiger charge is 2.37. The third kappa shape index (κ3) is 4.15. The minimum absolute atomic E-state index is 0.0800. The van der Waals surface area contributed by atoms with Crippen molar-refractivity contribution in [3.8, 4) is 22.8 Å². The maximum Gasteiger partial charge on any atom is 0.485 e. The van der Waals surface area contributed by atoms with Crippen LogP contribution in [0.4, 0.5) is 17.6 Å². The number of alkyl halides is 3. The number of benzene rings is 3. The van der Waals surface area contributed by atoms with Crippen molar-refractivity contribution in [2.45, 2.75) is 5.51 Å². The lowest BCUT2D eigenvalue weighted by Crippen LogP contribution is -2.33. The molecule has 1 aliphatic heterocycles. The van der Waals surface area contributed by atoms with Crippen molar-refractivity contribution in [2.75, 3.05) is 7.11 Å². The summed E-state index contributed by atoms with van der Waals surface area (Å²) < 4.78 is 86.3. The Morgan fingerprint density at radius 3 is 2.29 bits per heavy atom. The van der Waals surface area contributed by atoms with Gasteiger partial charge in [-0.2, -0.15) is 17.7 Å². The van der Waals surface area contributed by atoms with E-state index in [0.717, 1.165) is 39.0 Å². The topological polar surface area (TPSA) is 96.6 Å². The lowest BCUT2D eigenvalue weighted by molar-refractivity contribution is -0.632. The van der Waals surface area contributed by atoms with E-state index in [1.807, 2.05) is 54.1 Å². The van der Waals surface area contributed by atoms with E-state index >= 15 is 0 Å². The summed E-state index contributed by atoms with van der Waals surface area (Å²) in [6.45, 7) is 0. The van der Waals surface area contributed by atoms with Gasteiger partial charge in [0.2, 0.25) is 11.2 Å². The summed E-state index contributed by atoms with van der Waals surface area (Å²) >= 11 is 0. The lowest BCUT2D eigenvalue weighted by atomic mass is 9.95. The zero-order valence-electron chi connectivity index (χ0n) is 18.0. The molecule has 12 heteroatoms. The van der Waals surface area contributed by atoms with E-state index < -0.39 is 27.4 Å². The highest BCUT2D eigenvalue weighted by molar-refractivity contribution is 7.86. The smallest absolute Gasteiger partial charge is 0.485 e. The normalized spacial score (nSPS) is 12.4. The summed E-state index contributed by atoms with van der Waals surface area (Å²) in [5.74, 6) is 0.201. The summed E-state index contributed by atoms with van der Waals surface area (Å²) in [4.78, 5) is 12.0. The van der Waals surface area contributed by atoms with Crippen molar-refractivity contribution in [3.05, 3.63) is 66.0 Å². The van der Waals surface area contributed by atoms with Gasteiger partial charge in [-0.25, -0.2) is 17.6 Å². The zero-order chi connectivity index (χ0) is 25.7. The molecule has 1 aromatic heterocycles. The molecule has 1 aliphatic rings. The molecule has 7 nitrogen and oxygen atoms in total. The van der Waals surface area contributed by atoms with Gasteiger partial charge in [0.1, 0.15) is 29.9 Å². The minimum Gasteiger partial charge on any atom is -0.741 e. The van der Waals surface area contributed by atoms with Crippen molar-refractivity contribution in [1.82, 2.24) is 0 Å². The second-order valence-corrected chi connectivity index (χ2v) is 8.80. The zero-order valence-corrected chi connectivity index (χ0v) is 18.8. The Labute approximate surface area is 195 Å². The van der Waals surface area contributed by atoms with Gasteiger partial charge in [0, 0.05) is 11.5 Å². The number of aryl methyl sites for hydroxylation is 1. The Morgan fingerprint density at radius 2 is 1.66 bits per heavy atom. The van der Waals surface area contributed by atoms with Gasteiger partial charge in [-0.1, -0.05) is 24.3 Å². The van der Waals surface area contributed by atoms with Crippen LogP contribution in [-0.2, 0) is 21.9 Å². The lowest BCUT2D eigenvalue weighted by Gasteiger charge is -2.20. The number of methoxy groups -OCH3 is 1. The number of esters is 1. The van der Waals surface area contributed by atoms with Gasteiger partial charge >= 0.3 is 11.5 Å². The average Bonchev–Trinajstić information content (AvgIpc) is 2.79. The molecule has 0 amide bonds. The number of halogens is 4. The number of carbonyl (C=O) groups is 1. The Hall–Kier alpha value is -3.77. The van der Waals surface area contributed by atoms with Crippen LogP contribution in [0.25, 0.3) is 32.9 Å². The Kier molecular flexibility index (Phi) is 5.89. The quantitative estimate of drug-likeness (QED) is 0.0821. The largest absolute Gasteiger partial charge is 0.741 e. The Morgan fingerprint density at radius 1 is 1.03 bits per heavy atom. The first-order chi connectivity index (χ1) is 16.3. The molecule has 0 spiro atoms. The van der Waals surface area contributed by atoms with Gasteiger partial charge in [-0.05, 0) is 24.3 Å². The number of ether oxygens (including phenoxy) is 2. The molecule has 0 radical (unpaired) electrons. The summed E-state index contributed by atoms with van der Waals surface area (Å²) in [6, 6.07) is 16.5. The highest BCUT2D eigenvalue weighted by Crippen LogP contribution is 2.46. The first kappa shape index (κ1) is 24.4. The molecule has 182 valence electrons. The van der Waals surface area contributed by atoms with Gasteiger partial charge < -0.3 is 14.0 Å². The Bertz CT molecular complexity index is 1620. The van der Waals surface area contributed by atoms with Crippen molar-refractivity contribution >= 4 is 37.8 Å². The summed E-state index contributed by atoms with van der Waals surface area (Å²) in [7, 11) is -2.93. The second-order valence-electron chi connectivity index (χ2n) is 7.43. The van der Waals surface area contributed by atoms with Crippen LogP contribution in [0.1, 0.15) is 10.4 Å². The number of nitrogens with zero attached hydrogens (tertiary/aromatic N) is 1. The number of carbonyl (C=O) groups excluding carboxylic acids is 1. The van der Waals surface area contributed by atoms with E-state index in [-0.39, 0.29) is 5.56 Å². The maximum absolute atomic E-state index is 14.6. The number of hydrogen-bond acceptors (Lipinski definition) is 6.